The van der Waals surface area contributed by atoms with Crippen molar-refractivity contribution in [3.8, 4) is 11.5 Å². The minimum atomic E-state index is -0.0428. The summed E-state index contributed by atoms with van der Waals surface area (Å²) in [5.41, 5.74) is 7.10. The number of hydrogen-bond donors (Lipinski definition) is 2. The summed E-state index contributed by atoms with van der Waals surface area (Å²) in [5.74, 6) is 1.01. The van der Waals surface area contributed by atoms with E-state index in [1.165, 1.54) is 0 Å². The molecule has 0 saturated heterocycles. The van der Waals surface area contributed by atoms with Crippen molar-refractivity contribution in [1.29, 1.82) is 5.41 Å². The number of nitrogen functional groups attached to an aromatic ring is 1. The van der Waals surface area contributed by atoms with Crippen molar-refractivity contribution < 1.29 is 4.74 Å². The molecule has 0 bridgehead atoms. The highest BCUT2D eigenvalue weighted by molar-refractivity contribution is 6.42. The molecule has 0 heterocycles. The third-order valence-electron chi connectivity index (χ3n) is 2.54. The second kappa shape index (κ2) is 5.51. The zero-order valence-corrected chi connectivity index (χ0v) is 11.7. The summed E-state index contributed by atoms with van der Waals surface area (Å²) < 4.78 is 5.70. The molecular weight excluding hydrogens is 283 g/mol. The van der Waals surface area contributed by atoms with Gasteiger partial charge in [0, 0.05) is 6.07 Å². The highest BCUT2D eigenvalue weighted by Gasteiger charge is 2.09. The summed E-state index contributed by atoms with van der Waals surface area (Å²) >= 11 is 11.8. The van der Waals surface area contributed by atoms with Crippen LogP contribution >= 0.6 is 23.2 Å². The quantitative estimate of drug-likeness (QED) is 0.652. The van der Waals surface area contributed by atoms with Crippen molar-refractivity contribution >= 4 is 29.0 Å². The number of hydrogen-bond acceptors (Lipinski definition) is 2. The van der Waals surface area contributed by atoms with Crippen LogP contribution < -0.4 is 10.5 Å². The van der Waals surface area contributed by atoms with Gasteiger partial charge in [-0.05, 0) is 31.2 Å². The maximum absolute atomic E-state index is 7.57. The van der Waals surface area contributed by atoms with Crippen molar-refractivity contribution in [1.82, 2.24) is 0 Å². The lowest BCUT2D eigenvalue weighted by Crippen LogP contribution is -2.12. The fourth-order valence-electron chi connectivity index (χ4n) is 1.61. The molecule has 0 saturated carbocycles. The molecule has 2 aromatic rings. The molecule has 0 atom stereocenters. The molecule has 2 rings (SSSR count). The van der Waals surface area contributed by atoms with Crippen LogP contribution in [0, 0.1) is 12.3 Å². The average molecular weight is 295 g/mol. The molecule has 98 valence electrons. The van der Waals surface area contributed by atoms with E-state index in [1.54, 1.807) is 30.3 Å². The van der Waals surface area contributed by atoms with Gasteiger partial charge in [-0.1, -0.05) is 34.8 Å². The smallest absolute Gasteiger partial charge is 0.138 e. The summed E-state index contributed by atoms with van der Waals surface area (Å²) in [7, 11) is 0. The first kappa shape index (κ1) is 13.7. The summed E-state index contributed by atoms with van der Waals surface area (Å²) in [4.78, 5) is 0. The molecule has 0 aliphatic heterocycles. The molecule has 5 heteroatoms. The summed E-state index contributed by atoms with van der Waals surface area (Å²) in [6.45, 7) is 1.93. The van der Waals surface area contributed by atoms with E-state index >= 15 is 0 Å². The highest BCUT2D eigenvalue weighted by atomic mass is 35.5. The van der Waals surface area contributed by atoms with Crippen molar-refractivity contribution in [2.24, 2.45) is 5.73 Å². The van der Waals surface area contributed by atoms with Crippen molar-refractivity contribution in [2.75, 3.05) is 0 Å². The molecule has 0 amide bonds. The van der Waals surface area contributed by atoms with Crippen LogP contribution in [0.2, 0.25) is 10.0 Å². The van der Waals surface area contributed by atoms with Crippen LogP contribution in [0.4, 0.5) is 0 Å². The monoisotopic (exact) mass is 294 g/mol. The van der Waals surface area contributed by atoms with E-state index in [4.69, 9.17) is 39.1 Å². The number of nitrogens with two attached hydrogens (primary N) is 1. The zero-order chi connectivity index (χ0) is 14.0. The normalized spacial score (nSPS) is 10.3. The number of ether oxygens (including phenoxy) is 1. The molecule has 0 aromatic heterocycles. The van der Waals surface area contributed by atoms with Gasteiger partial charge in [-0.15, -0.1) is 0 Å². The fraction of sp³-hybridized carbons (Fsp3) is 0.0714. The van der Waals surface area contributed by atoms with Crippen LogP contribution in [0.15, 0.2) is 36.4 Å². The van der Waals surface area contributed by atoms with E-state index in [-0.39, 0.29) is 5.84 Å². The van der Waals surface area contributed by atoms with Crippen LogP contribution in [-0.2, 0) is 0 Å². The number of amidine groups is 1. The molecule has 0 aliphatic carbocycles. The van der Waals surface area contributed by atoms with Crippen molar-refractivity contribution in [3.05, 3.63) is 57.6 Å². The molecule has 0 fully saturated rings. The molecular formula is C14H12Cl2N2O. The summed E-state index contributed by atoms with van der Waals surface area (Å²) in [6, 6.07) is 10.4. The van der Waals surface area contributed by atoms with Gasteiger partial charge in [0.05, 0.1) is 15.6 Å². The Morgan fingerprint density at radius 2 is 1.84 bits per heavy atom. The Balaban J connectivity index is 2.37. The van der Waals surface area contributed by atoms with Gasteiger partial charge >= 0.3 is 0 Å². The largest absolute Gasteiger partial charge is 0.457 e. The lowest BCUT2D eigenvalue weighted by molar-refractivity contribution is 0.481. The Labute approximate surface area is 121 Å². The fourth-order valence-corrected chi connectivity index (χ4v) is 1.90. The number of nitrogens with one attached hydrogen (secondary N) is 1. The minimum Gasteiger partial charge on any atom is -0.457 e. The van der Waals surface area contributed by atoms with Crippen molar-refractivity contribution in [3.63, 3.8) is 0 Å². The van der Waals surface area contributed by atoms with Gasteiger partial charge in [-0.3, -0.25) is 5.41 Å². The third kappa shape index (κ3) is 3.19. The molecule has 19 heavy (non-hydrogen) atoms. The first-order valence-corrected chi connectivity index (χ1v) is 6.31. The molecule has 3 N–H and O–H groups in total. The number of rotatable bonds is 3. The topological polar surface area (TPSA) is 59.1 Å². The Morgan fingerprint density at radius 3 is 2.47 bits per heavy atom. The molecule has 0 aliphatic rings. The maximum Gasteiger partial charge on any atom is 0.138 e. The minimum absolute atomic E-state index is 0.0428. The standard InChI is InChI=1S/C14H12Cl2N2O/c1-8-2-5-13(10(6-8)14(17)18)19-9-3-4-11(15)12(16)7-9/h2-7H,1H3,(H3,17,18). The van der Waals surface area contributed by atoms with Gasteiger partial charge in [0.25, 0.3) is 0 Å². The first-order valence-electron chi connectivity index (χ1n) is 5.55. The van der Waals surface area contributed by atoms with E-state index in [0.717, 1.165) is 5.56 Å². The predicted molar refractivity (Wildman–Crippen MR) is 78.7 cm³/mol. The lowest BCUT2D eigenvalue weighted by atomic mass is 10.1. The number of aryl methyl sites for hydroxylation is 1. The third-order valence-corrected chi connectivity index (χ3v) is 3.28. The first-order chi connectivity index (χ1) is 8.97. The molecule has 0 radical (unpaired) electrons. The predicted octanol–water partition coefficient (Wildman–Crippen LogP) is 4.38. The van der Waals surface area contributed by atoms with Gasteiger partial charge in [0.15, 0.2) is 0 Å². The molecule has 0 spiro atoms. The summed E-state index contributed by atoms with van der Waals surface area (Å²) in [6.07, 6.45) is 0. The van der Waals surface area contributed by atoms with Crippen molar-refractivity contribution in [2.45, 2.75) is 6.92 Å². The maximum atomic E-state index is 7.57. The second-order valence-electron chi connectivity index (χ2n) is 4.09. The van der Waals surface area contributed by atoms with Crippen LogP contribution in [-0.4, -0.2) is 5.84 Å². The lowest BCUT2D eigenvalue weighted by Gasteiger charge is -2.11. The molecule has 2 aromatic carbocycles. The highest BCUT2D eigenvalue weighted by Crippen LogP contribution is 2.31. The van der Waals surface area contributed by atoms with Crippen LogP contribution in [0.5, 0.6) is 11.5 Å². The average Bonchev–Trinajstić information content (AvgIpc) is 2.36. The Bertz CT molecular complexity index is 641. The van der Waals surface area contributed by atoms with Gasteiger partial charge in [-0.25, -0.2) is 0 Å². The number of halogens is 2. The van der Waals surface area contributed by atoms with E-state index in [0.29, 0.717) is 27.1 Å². The molecule has 3 nitrogen and oxygen atoms in total. The van der Waals surface area contributed by atoms with Gasteiger partial charge in [-0.2, -0.15) is 0 Å². The van der Waals surface area contributed by atoms with E-state index in [9.17, 15) is 0 Å². The van der Waals surface area contributed by atoms with E-state index < -0.39 is 0 Å². The van der Waals surface area contributed by atoms with Crippen LogP contribution in [0.1, 0.15) is 11.1 Å². The van der Waals surface area contributed by atoms with E-state index in [1.807, 2.05) is 13.0 Å². The zero-order valence-electron chi connectivity index (χ0n) is 10.2. The molecule has 0 unspecified atom stereocenters. The SMILES string of the molecule is Cc1ccc(Oc2ccc(Cl)c(Cl)c2)c(C(=N)N)c1. The Morgan fingerprint density at radius 1 is 1.11 bits per heavy atom. The van der Waals surface area contributed by atoms with Crippen LogP contribution in [0.25, 0.3) is 0 Å². The Kier molecular flexibility index (Phi) is 3.98. The van der Waals surface area contributed by atoms with Gasteiger partial charge in [0.2, 0.25) is 0 Å². The second-order valence-corrected chi connectivity index (χ2v) is 4.91. The Hall–Kier alpha value is -1.71. The van der Waals surface area contributed by atoms with E-state index in [2.05, 4.69) is 0 Å². The van der Waals surface area contributed by atoms with Gasteiger partial charge < -0.3 is 10.5 Å². The van der Waals surface area contributed by atoms with Gasteiger partial charge in [0.1, 0.15) is 17.3 Å². The van der Waals surface area contributed by atoms with Crippen LogP contribution in [0.3, 0.4) is 0 Å². The number of benzene rings is 2. The summed E-state index contributed by atoms with van der Waals surface area (Å²) in [5, 5.41) is 8.44.